The van der Waals surface area contributed by atoms with E-state index in [4.69, 9.17) is 14.2 Å². The van der Waals surface area contributed by atoms with Gasteiger partial charge < -0.3 is 19.5 Å². The van der Waals surface area contributed by atoms with Crippen LogP contribution in [0.5, 0.6) is 11.5 Å². The minimum atomic E-state index is -0.889. The van der Waals surface area contributed by atoms with Crippen molar-refractivity contribution >= 4 is 17.8 Å². The first-order valence-corrected chi connectivity index (χ1v) is 11.6. The number of carbonyl (C=O) groups is 3. The van der Waals surface area contributed by atoms with E-state index in [1.54, 1.807) is 0 Å². The molecule has 1 atom stereocenters. The monoisotopic (exact) mass is 468 g/mol. The zero-order valence-electron chi connectivity index (χ0n) is 19.9. The molecule has 0 bridgehead atoms. The number of methoxy groups -OCH3 is 1. The second-order valence-corrected chi connectivity index (χ2v) is 8.56. The number of rotatable bonds is 9. The third kappa shape index (κ3) is 6.79. The number of amides is 1. The lowest BCUT2D eigenvalue weighted by Gasteiger charge is -2.28. The van der Waals surface area contributed by atoms with E-state index in [9.17, 15) is 14.4 Å². The number of aromatic nitrogens is 1. The van der Waals surface area contributed by atoms with Crippen LogP contribution in [-0.2, 0) is 14.3 Å². The molecule has 0 spiro atoms. The lowest BCUT2D eigenvalue weighted by molar-refractivity contribution is -0.146. The number of benzene rings is 1. The summed E-state index contributed by atoms with van der Waals surface area (Å²) in [6.07, 6.45) is 6.69. The second-order valence-electron chi connectivity index (χ2n) is 8.56. The number of nitrogens with zero attached hydrogens (tertiary/aromatic N) is 1. The van der Waals surface area contributed by atoms with Crippen LogP contribution in [0.3, 0.4) is 0 Å². The summed E-state index contributed by atoms with van der Waals surface area (Å²) < 4.78 is 15.6. The molecule has 1 amide bonds. The summed E-state index contributed by atoms with van der Waals surface area (Å²) in [6.45, 7) is 3.06. The van der Waals surface area contributed by atoms with Crippen molar-refractivity contribution in [3.05, 3.63) is 53.9 Å². The molecule has 2 aromatic rings. The topological polar surface area (TPSA) is 104 Å². The largest absolute Gasteiger partial charge is 0.493 e. The number of hydrogen-bond donors (Lipinski definition) is 1. The Hall–Kier alpha value is -3.42. The van der Waals surface area contributed by atoms with Crippen molar-refractivity contribution in [1.29, 1.82) is 0 Å². The Morgan fingerprint density at radius 1 is 1.09 bits per heavy atom. The predicted octanol–water partition coefficient (Wildman–Crippen LogP) is 4.04. The summed E-state index contributed by atoms with van der Waals surface area (Å²) in [5.41, 5.74) is 1.25. The van der Waals surface area contributed by atoms with Crippen LogP contribution >= 0.6 is 0 Å². The van der Waals surface area contributed by atoms with Crippen LogP contribution in [0.2, 0.25) is 0 Å². The zero-order valence-corrected chi connectivity index (χ0v) is 19.9. The van der Waals surface area contributed by atoms with Gasteiger partial charge in [-0.1, -0.05) is 30.3 Å². The summed E-state index contributed by atoms with van der Waals surface area (Å²) in [5.74, 6) is -0.579. The fourth-order valence-corrected chi connectivity index (χ4v) is 4.28. The van der Waals surface area contributed by atoms with Gasteiger partial charge in [-0.2, -0.15) is 0 Å². The average molecular weight is 469 g/mol. The van der Waals surface area contributed by atoms with E-state index in [2.05, 4.69) is 34.6 Å². The van der Waals surface area contributed by atoms with E-state index in [-0.39, 0.29) is 17.2 Å². The Morgan fingerprint density at radius 3 is 2.44 bits per heavy atom. The van der Waals surface area contributed by atoms with Gasteiger partial charge >= 0.3 is 11.9 Å². The Labute approximate surface area is 200 Å². The smallest absolute Gasteiger partial charge is 0.328 e. The van der Waals surface area contributed by atoms with Crippen molar-refractivity contribution in [1.82, 2.24) is 10.3 Å². The molecular weight excluding hydrogens is 436 g/mol. The Morgan fingerprint density at radius 2 is 1.79 bits per heavy atom. The summed E-state index contributed by atoms with van der Waals surface area (Å²) in [6, 6.07) is 11.2. The van der Waals surface area contributed by atoms with Crippen molar-refractivity contribution in [2.45, 2.75) is 57.9 Å². The van der Waals surface area contributed by atoms with Gasteiger partial charge in [0.1, 0.15) is 6.04 Å². The first-order valence-electron chi connectivity index (χ1n) is 11.6. The highest BCUT2D eigenvalue weighted by atomic mass is 16.6. The molecule has 1 aromatic carbocycles. The van der Waals surface area contributed by atoms with Crippen LogP contribution in [0.1, 0.15) is 67.9 Å². The molecule has 1 N–H and O–H groups in total. The van der Waals surface area contributed by atoms with Gasteiger partial charge in [-0.15, -0.1) is 0 Å². The maximum atomic E-state index is 12.7. The van der Waals surface area contributed by atoms with Crippen molar-refractivity contribution in [3.63, 3.8) is 0 Å². The summed E-state index contributed by atoms with van der Waals surface area (Å²) in [4.78, 5) is 40.5. The van der Waals surface area contributed by atoms with Gasteiger partial charge in [0.15, 0.2) is 11.4 Å². The average Bonchev–Trinajstić information content (AvgIpc) is 2.84. The minimum absolute atomic E-state index is 0.0957. The molecule has 1 saturated carbocycles. The molecule has 0 unspecified atom stereocenters. The number of hydrogen-bond acceptors (Lipinski definition) is 7. The number of esters is 2. The molecule has 0 saturated heterocycles. The van der Waals surface area contributed by atoms with Crippen LogP contribution in [0.4, 0.5) is 0 Å². The van der Waals surface area contributed by atoms with Crippen molar-refractivity contribution in [3.8, 4) is 11.5 Å². The molecule has 182 valence electrons. The maximum Gasteiger partial charge on any atom is 0.328 e. The van der Waals surface area contributed by atoms with Crippen molar-refractivity contribution < 1.29 is 28.6 Å². The van der Waals surface area contributed by atoms with E-state index in [0.717, 1.165) is 32.1 Å². The van der Waals surface area contributed by atoms with Crippen LogP contribution in [0.15, 0.2) is 42.6 Å². The number of nitrogens with one attached hydrogen (secondary N) is 1. The predicted molar refractivity (Wildman–Crippen MR) is 126 cm³/mol. The van der Waals surface area contributed by atoms with Gasteiger partial charge in [-0.05, 0) is 56.4 Å². The first kappa shape index (κ1) is 25.2. The molecule has 3 rings (SSSR count). The van der Waals surface area contributed by atoms with Crippen molar-refractivity contribution in [2.24, 2.45) is 5.92 Å². The zero-order chi connectivity index (χ0) is 24.5. The standard InChI is InChI=1S/C26H32N2O6/c1-17(28-25(30)23-24(34-18(2)29)22(32-3)13-15-27-23)26(31)33-16-14-19-9-11-21(12-10-19)20-7-5-4-6-8-20/h4-8,13,15,17,19,21H,9-12,14,16H2,1-3H3,(H,28,30)/t17-,19?,21?/m0/s1. The fourth-order valence-electron chi connectivity index (χ4n) is 4.28. The van der Waals surface area contributed by atoms with Gasteiger partial charge in [-0.3, -0.25) is 9.59 Å². The SMILES string of the molecule is COc1ccnc(C(=O)N[C@@H](C)C(=O)OCCC2CCC(c3ccccc3)CC2)c1OC(C)=O. The van der Waals surface area contributed by atoms with E-state index in [0.29, 0.717) is 18.4 Å². The Balaban J connectivity index is 1.45. The first-order chi connectivity index (χ1) is 16.4. The summed E-state index contributed by atoms with van der Waals surface area (Å²) in [7, 11) is 1.39. The third-order valence-electron chi connectivity index (χ3n) is 6.14. The third-order valence-corrected chi connectivity index (χ3v) is 6.14. The fraction of sp³-hybridized carbons (Fsp3) is 0.462. The molecule has 1 aliphatic carbocycles. The molecule has 8 heteroatoms. The molecule has 1 fully saturated rings. The van der Waals surface area contributed by atoms with E-state index in [1.165, 1.54) is 38.8 Å². The molecular formula is C26H32N2O6. The van der Waals surface area contributed by atoms with E-state index in [1.807, 2.05) is 6.07 Å². The Kier molecular flexibility index (Phi) is 9.01. The highest BCUT2D eigenvalue weighted by Crippen LogP contribution is 2.37. The maximum absolute atomic E-state index is 12.7. The second kappa shape index (κ2) is 12.2. The summed E-state index contributed by atoms with van der Waals surface area (Å²) >= 11 is 0. The number of pyridine rings is 1. The molecule has 1 aromatic heterocycles. The van der Waals surface area contributed by atoms with Gasteiger partial charge in [0, 0.05) is 19.2 Å². The van der Waals surface area contributed by atoms with Crippen LogP contribution in [0, 0.1) is 5.92 Å². The van der Waals surface area contributed by atoms with E-state index < -0.39 is 23.9 Å². The highest BCUT2D eigenvalue weighted by Gasteiger charge is 2.26. The molecule has 1 aliphatic rings. The highest BCUT2D eigenvalue weighted by molar-refractivity contribution is 5.98. The summed E-state index contributed by atoms with van der Waals surface area (Å²) in [5, 5.41) is 2.55. The van der Waals surface area contributed by atoms with Crippen LogP contribution in [0.25, 0.3) is 0 Å². The number of carbonyl (C=O) groups excluding carboxylic acids is 3. The molecule has 34 heavy (non-hydrogen) atoms. The lowest BCUT2D eigenvalue weighted by atomic mass is 9.78. The van der Waals surface area contributed by atoms with Crippen LogP contribution < -0.4 is 14.8 Å². The molecule has 1 heterocycles. The number of ether oxygens (including phenoxy) is 3. The van der Waals surface area contributed by atoms with Gasteiger partial charge in [0.25, 0.3) is 5.91 Å². The Bertz CT molecular complexity index is 986. The van der Waals surface area contributed by atoms with E-state index >= 15 is 0 Å². The van der Waals surface area contributed by atoms with Gasteiger partial charge in [0.2, 0.25) is 5.75 Å². The van der Waals surface area contributed by atoms with Crippen LogP contribution in [-0.4, -0.2) is 42.6 Å². The molecule has 0 aliphatic heterocycles. The molecule has 8 nitrogen and oxygen atoms in total. The lowest BCUT2D eigenvalue weighted by Crippen LogP contribution is -2.40. The van der Waals surface area contributed by atoms with Gasteiger partial charge in [-0.25, -0.2) is 9.78 Å². The minimum Gasteiger partial charge on any atom is -0.493 e. The van der Waals surface area contributed by atoms with Gasteiger partial charge in [0.05, 0.1) is 13.7 Å². The normalized spacial score (nSPS) is 18.4. The van der Waals surface area contributed by atoms with Crippen molar-refractivity contribution in [2.75, 3.05) is 13.7 Å². The quantitative estimate of drug-likeness (QED) is 0.554. The molecule has 0 radical (unpaired) electrons.